The van der Waals surface area contributed by atoms with Gasteiger partial charge in [0.15, 0.2) is 11.4 Å². The molecule has 0 aliphatic carbocycles. The van der Waals surface area contributed by atoms with Gasteiger partial charge in [0.05, 0.1) is 36.5 Å². The van der Waals surface area contributed by atoms with Gasteiger partial charge >= 0.3 is 0 Å². The molecule has 1 saturated heterocycles. The van der Waals surface area contributed by atoms with Crippen molar-refractivity contribution in [1.29, 1.82) is 0 Å². The number of benzene rings is 2. The maximum atomic E-state index is 12.8. The minimum atomic E-state index is -0.194. The lowest BCUT2D eigenvalue weighted by Gasteiger charge is -2.27. The van der Waals surface area contributed by atoms with Crippen molar-refractivity contribution in [1.82, 2.24) is 13.6 Å². The summed E-state index contributed by atoms with van der Waals surface area (Å²) in [5.74, 6) is 1.05. The van der Waals surface area contributed by atoms with Crippen molar-refractivity contribution in [3.63, 3.8) is 0 Å². The molecular formula is C22H26N5O3S+. The number of nitrogens with zero attached hydrogens (tertiary/aromatic N) is 3. The second kappa shape index (κ2) is 9.86. The normalized spacial score (nSPS) is 14.9. The molecule has 1 aliphatic heterocycles. The number of rotatable bonds is 7. The van der Waals surface area contributed by atoms with Crippen molar-refractivity contribution < 1.29 is 20.0 Å². The van der Waals surface area contributed by atoms with E-state index in [-0.39, 0.29) is 23.3 Å². The smallest absolute Gasteiger partial charge is 0.285 e. The number of para-hydroxylation sites is 1. The van der Waals surface area contributed by atoms with Crippen molar-refractivity contribution in [3.8, 4) is 5.75 Å². The van der Waals surface area contributed by atoms with Gasteiger partial charge in [-0.05, 0) is 18.1 Å². The van der Waals surface area contributed by atoms with Gasteiger partial charge in [-0.1, -0.05) is 43.3 Å². The predicted octanol–water partition coefficient (Wildman–Crippen LogP) is 2.81. The Morgan fingerprint density at radius 2 is 1.97 bits per heavy atom. The first kappa shape index (κ1) is 21.2. The quantitative estimate of drug-likeness (QED) is 0.386. The number of carbonyl (C=O) groups is 1. The van der Waals surface area contributed by atoms with E-state index in [0.717, 1.165) is 18.1 Å². The number of quaternary nitrogens is 1. The second-order valence-corrected chi connectivity index (χ2v) is 7.83. The predicted molar refractivity (Wildman–Crippen MR) is 119 cm³/mol. The highest BCUT2D eigenvalue weighted by Crippen LogP contribution is 2.28. The summed E-state index contributed by atoms with van der Waals surface area (Å²) < 4.78 is 14.1. The van der Waals surface area contributed by atoms with Crippen molar-refractivity contribution in [2.45, 2.75) is 19.4 Å². The number of nitrogens with two attached hydrogens (primary N) is 1. The molecule has 162 valence electrons. The third-order valence-corrected chi connectivity index (χ3v) is 5.87. The number of morpholine rings is 1. The Kier molecular flexibility index (Phi) is 6.76. The van der Waals surface area contributed by atoms with Gasteiger partial charge in [0.25, 0.3) is 11.7 Å². The van der Waals surface area contributed by atoms with Crippen molar-refractivity contribution >= 4 is 35.0 Å². The van der Waals surface area contributed by atoms with Crippen LogP contribution in [0.2, 0.25) is 0 Å². The van der Waals surface area contributed by atoms with Crippen molar-refractivity contribution in [2.75, 3.05) is 31.6 Å². The molecule has 0 radical (unpaired) electrons. The fourth-order valence-electron chi connectivity index (χ4n) is 3.60. The van der Waals surface area contributed by atoms with Gasteiger partial charge in [0.1, 0.15) is 0 Å². The Bertz CT molecular complexity index is 1020. The van der Waals surface area contributed by atoms with Crippen LogP contribution >= 0.6 is 11.7 Å². The molecule has 1 aromatic heterocycles. The molecule has 4 N–H and O–H groups in total. The Morgan fingerprint density at radius 3 is 2.71 bits per heavy atom. The standard InChI is InChI=1S/C22H25N5O3S/c1-2-17(15-7-4-3-5-8-15)23-20-21(26-31-25-20)24-18-10-6-9-16(19(18)28)22(29)27-11-13-30-14-12-27/h3-10,17,28H,2,11-14H2,1H3,(H,23,25)(H,24,26)/p+1. The largest absolute Gasteiger partial charge is 0.502 e. The molecule has 3 aromatic rings. The van der Waals surface area contributed by atoms with E-state index in [1.54, 1.807) is 28.4 Å². The summed E-state index contributed by atoms with van der Waals surface area (Å²) in [6.45, 7) is 4.18. The fraction of sp³-hybridized carbons (Fsp3) is 0.318. The number of nitrogens with one attached hydrogen (secondary N) is 1. The summed E-state index contributed by atoms with van der Waals surface area (Å²) in [4.78, 5) is 14.5. The molecule has 0 spiro atoms. The Hall–Kier alpha value is -3.01. The summed E-state index contributed by atoms with van der Waals surface area (Å²) in [5.41, 5.74) is 1.98. The summed E-state index contributed by atoms with van der Waals surface area (Å²) in [6.07, 6.45) is 0.885. The van der Waals surface area contributed by atoms with E-state index >= 15 is 0 Å². The Balaban J connectivity index is 1.53. The molecule has 1 amide bonds. The van der Waals surface area contributed by atoms with Crippen LogP contribution in [0.4, 0.5) is 17.3 Å². The topological polar surface area (TPSA) is 104 Å². The first-order chi connectivity index (χ1) is 15.2. The molecule has 1 unspecified atom stereocenters. The lowest BCUT2D eigenvalue weighted by atomic mass is 10.0. The molecule has 0 bridgehead atoms. The highest BCUT2D eigenvalue weighted by molar-refractivity contribution is 6.99. The number of anilines is 1. The zero-order valence-electron chi connectivity index (χ0n) is 17.3. The van der Waals surface area contributed by atoms with Gasteiger partial charge in [-0.15, -0.1) is 8.75 Å². The molecule has 0 saturated carbocycles. The monoisotopic (exact) mass is 440 g/mol. The average Bonchev–Trinajstić information content (AvgIpc) is 3.26. The van der Waals surface area contributed by atoms with Gasteiger partial charge in [-0.2, -0.15) is 0 Å². The van der Waals surface area contributed by atoms with E-state index in [1.807, 2.05) is 18.2 Å². The SMILES string of the molecule is CCC(Nc1nsnc1[NH2+]c1cccc(C(=O)N2CCOCC2)c1O)c1ccccc1. The van der Waals surface area contributed by atoms with E-state index in [2.05, 4.69) is 33.1 Å². The van der Waals surface area contributed by atoms with E-state index in [0.29, 0.717) is 43.6 Å². The fourth-order valence-corrected chi connectivity index (χ4v) is 4.09. The molecule has 9 heteroatoms. The average molecular weight is 441 g/mol. The molecule has 1 atom stereocenters. The number of carbonyl (C=O) groups excluding carboxylic acids is 1. The number of aromatic hydroxyl groups is 1. The molecule has 4 rings (SSSR count). The van der Waals surface area contributed by atoms with Crippen LogP contribution in [-0.2, 0) is 4.74 Å². The van der Waals surface area contributed by atoms with Crippen molar-refractivity contribution in [2.24, 2.45) is 0 Å². The number of amides is 1. The van der Waals surface area contributed by atoms with Gasteiger partial charge in [-0.3, -0.25) is 10.1 Å². The van der Waals surface area contributed by atoms with Crippen LogP contribution < -0.4 is 10.6 Å². The molecule has 2 heterocycles. The number of phenolic OH excluding ortho intramolecular Hbond substituents is 1. The van der Waals surface area contributed by atoms with Crippen LogP contribution in [0.1, 0.15) is 35.3 Å². The van der Waals surface area contributed by atoms with Crippen LogP contribution in [0.3, 0.4) is 0 Å². The third kappa shape index (κ3) is 4.84. The lowest BCUT2D eigenvalue weighted by molar-refractivity contribution is -0.482. The van der Waals surface area contributed by atoms with E-state index < -0.39 is 0 Å². The summed E-state index contributed by atoms with van der Waals surface area (Å²) in [6, 6.07) is 15.5. The highest BCUT2D eigenvalue weighted by Gasteiger charge is 2.25. The maximum absolute atomic E-state index is 12.8. The van der Waals surface area contributed by atoms with Crippen LogP contribution in [0.5, 0.6) is 5.75 Å². The zero-order valence-corrected chi connectivity index (χ0v) is 18.1. The Labute approximate surface area is 185 Å². The molecular weight excluding hydrogens is 414 g/mol. The second-order valence-electron chi connectivity index (χ2n) is 7.31. The Morgan fingerprint density at radius 1 is 1.19 bits per heavy atom. The number of ether oxygens (including phenoxy) is 1. The minimum Gasteiger partial charge on any atom is -0.502 e. The summed E-state index contributed by atoms with van der Waals surface area (Å²) >= 11 is 1.11. The third-order valence-electron chi connectivity index (χ3n) is 5.32. The number of hydrogen-bond acceptors (Lipinski definition) is 7. The van der Waals surface area contributed by atoms with Crippen LogP contribution in [0.15, 0.2) is 48.5 Å². The molecule has 1 aliphatic rings. The lowest BCUT2D eigenvalue weighted by Crippen LogP contribution is -2.71. The maximum Gasteiger partial charge on any atom is 0.285 e. The first-order valence-electron chi connectivity index (χ1n) is 10.3. The molecule has 1 fully saturated rings. The van der Waals surface area contributed by atoms with Gasteiger partial charge < -0.3 is 20.1 Å². The van der Waals surface area contributed by atoms with Gasteiger partial charge in [-0.25, -0.2) is 0 Å². The number of aromatic nitrogens is 2. The highest BCUT2D eigenvalue weighted by atomic mass is 32.1. The molecule has 2 aromatic carbocycles. The van der Waals surface area contributed by atoms with Gasteiger partial charge in [0.2, 0.25) is 5.82 Å². The van der Waals surface area contributed by atoms with Crippen molar-refractivity contribution in [3.05, 3.63) is 59.7 Å². The minimum absolute atomic E-state index is 0.0481. The van der Waals surface area contributed by atoms with Crippen LogP contribution in [-0.4, -0.2) is 51.0 Å². The van der Waals surface area contributed by atoms with E-state index in [1.165, 1.54) is 5.56 Å². The molecule has 8 nitrogen and oxygen atoms in total. The van der Waals surface area contributed by atoms with E-state index in [4.69, 9.17) is 4.74 Å². The molecule has 31 heavy (non-hydrogen) atoms. The number of hydrogen-bond donors (Lipinski definition) is 3. The van der Waals surface area contributed by atoms with Crippen LogP contribution in [0.25, 0.3) is 0 Å². The first-order valence-corrected chi connectivity index (χ1v) is 11.1. The van der Waals surface area contributed by atoms with E-state index in [9.17, 15) is 9.90 Å². The van der Waals surface area contributed by atoms with Gasteiger partial charge in [0, 0.05) is 19.2 Å². The van der Waals surface area contributed by atoms with Crippen LogP contribution in [0, 0.1) is 0 Å². The zero-order chi connectivity index (χ0) is 21.6. The summed E-state index contributed by atoms with van der Waals surface area (Å²) in [7, 11) is 0. The summed E-state index contributed by atoms with van der Waals surface area (Å²) in [5, 5.41) is 16.0. The number of phenols is 1.